The summed E-state index contributed by atoms with van der Waals surface area (Å²) in [5, 5.41) is 0. The van der Waals surface area contributed by atoms with Crippen LogP contribution < -0.4 is 9.80 Å². The normalized spacial score (nSPS) is 19.8. The number of halogens is 1. The van der Waals surface area contributed by atoms with Crippen LogP contribution in [0.3, 0.4) is 0 Å². The molecular weight excluding hydrogens is 369 g/mol. The van der Waals surface area contributed by atoms with Crippen molar-refractivity contribution in [3.8, 4) is 0 Å². The van der Waals surface area contributed by atoms with E-state index < -0.39 is 0 Å². The first-order valence-corrected chi connectivity index (χ1v) is 10.1. The lowest BCUT2D eigenvalue weighted by Gasteiger charge is -2.37. The maximum atomic E-state index is 13.1. The highest BCUT2D eigenvalue weighted by Crippen LogP contribution is 2.28. The predicted octanol–water partition coefficient (Wildman–Crippen LogP) is 3.14. The maximum absolute atomic E-state index is 13.1. The first-order chi connectivity index (χ1) is 13.9. The molecular formula is C23H26FN3O2. The lowest BCUT2D eigenvalue weighted by Crippen LogP contribution is -2.50. The number of hydrogen-bond donors (Lipinski definition) is 0. The van der Waals surface area contributed by atoms with Crippen molar-refractivity contribution in [2.24, 2.45) is 5.92 Å². The van der Waals surface area contributed by atoms with Gasteiger partial charge < -0.3 is 14.7 Å². The van der Waals surface area contributed by atoms with Crippen molar-refractivity contribution >= 4 is 23.2 Å². The molecule has 2 amide bonds. The van der Waals surface area contributed by atoms with E-state index in [1.807, 2.05) is 36.9 Å². The van der Waals surface area contributed by atoms with Crippen LogP contribution in [-0.2, 0) is 9.59 Å². The Morgan fingerprint density at radius 3 is 2.24 bits per heavy atom. The summed E-state index contributed by atoms with van der Waals surface area (Å²) in [5.41, 5.74) is 4.17. The van der Waals surface area contributed by atoms with Crippen LogP contribution in [0.1, 0.15) is 17.5 Å². The van der Waals surface area contributed by atoms with Gasteiger partial charge in [-0.1, -0.05) is 6.07 Å². The monoisotopic (exact) mass is 395 g/mol. The van der Waals surface area contributed by atoms with Crippen LogP contribution in [0.2, 0.25) is 0 Å². The van der Waals surface area contributed by atoms with E-state index in [-0.39, 0.29) is 30.0 Å². The first-order valence-electron chi connectivity index (χ1n) is 10.1. The van der Waals surface area contributed by atoms with Crippen LogP contribution in [-0.4, -0.2) is 49.4 Å². The van der Waals surface area contributed by atoms with Gasteiger partial charge in [-0.15, -0.1) is 0 Å². The number of carbonyl (C=O) groups excluding carboxylic acids is 2. The van der Waals surface area contributed by atoms with E-state index in [0.717, 1.165) is 16.9 Å². The van der Waals surface area contributed by atoms with E-state index in [1.54, 1.807) is 17.0 Å². The molecule has 6 heteroatoms. The summed E-state index contributed by atoms with van der Waals surface area (Å²) in [7, 11) is 0. The Kier molecular flexibility index (Phi) is 5.26. The fraction of sp³-hybridized carbons (Fsp3) is 0.391. The molecule has 1 unspecified atom stereocenters. The van der Waals surface area contributed by atoms with E-state index in [0.29, 0.717) is 32.7 Å². The Morgan fingerprint density at radius 1 is 0.931 bits per heavy atom. The van der Waals surface area contributed by atoms with Crippen molar-refractivity contribution in [3.63, 3.8) is 0 Å². The minimum atomic E-state index is -0.290. The van der Waals surface area contributed by atoms with Crippen molar-refractivity contribution in [1.29, 1.82) is 0 Å². The second-order valence-electron chi connectivity index (χ2n) is 7.96. The summed E-state index contributed by atoms with van der Waals surface area (Å²) in [5.74, 6) is -0.469. The van der Waals surface area contributed by atoms with Crippen LogP contribution in [0.25, 0.3) is 0 Å². The van der Waals surface area contributed by atoms with Crippen molar-refractivity contribution < 1.29 is 14.0 Å². The third kappa shape index (κ3) is 3.97. The van der Waals surface area contributed by atoms with Crippen LogP contribution in [0.4, 0.5) is 15.8 Å². The largest absolute Gasteiger partial charge is 0.368 e. The summed E-state index contributed by atoms with van der Waals surface area (Å²) in [4.78, 5) is 31.3. The summed E-state index contributed by atoms with van der Waals surface area (Å²) in [6.45, 7) is 7.16. The first kappa shape index (κ1) is 19.4. The van der Waals surface area contributed by atoms with Crippen molar-refractivity contribution in [2.45, 2.75) is 20.3 Å². The Balaban J connectivity index is 1.37. The van der Waals surface area contributed by atoms with Gasteiger partial charge in [0.15, 0.2) is 0 Å². The molecule has 0 radical (unpaired) electrons. The molecule has 2 aromatic carbocycles. The summed E-state index contributed by atoms with van der Waals surface area (Å²) in [6.07, 6.45) is 0.268. The number of piperazine rings is 1. The zero-order valence-electron chi connectivity index (χ0n) is 16.9. The highest BCUT2D eigenvalue weighted by Gasteiger charge is 2.38. The average Bonchev–Trinajstić information content (AvgIpc) is 3.12. The lowest BCUT2D eigenvalue weighted by molar-refractivity contribution is -0.136. The van der Waals surface area contributed by atoms with Crippen molar-refractivity contribution in [1.82, 2.24) is 4.90 Å². The molecule has 2 fully saturated rings. The van der Waals surface area contributed by atoms with Gasteiger partial charge in [0.2, 0.25) is 11.8 Å². The summed E-state index contributed by atoms with van der Waals surface area (Å²) >= 11 is 0. The second kappa shape index (κ2) is 7.85. The topological polar surface area (TPSA) is 43.9 Å². The van der Waals surface area contributed by atoms with Crippen LogP contribution >= 0.6 is 0 Å². The molecule has 1 atom stereocenters. The fourth-order valence-corrected chi connectivity index (χ4v) is 4.11. The third-order valence-corrected chi connectivity index (χ3v) is 6.06. The van der Waals surface area contributed by atoms with E-state index in [4.69, 9.17) is 0 Å². The van der Waals surface area contributed by atoms with Gasteiger partial charge in [0.1, 0.15) is 5.82 Å². The Morgan fingerprint density at radius 2 is 1.59 bits per heavy atom. The zero-order valence-corrected chi connectivity index (χ0v) is 16.9. The van der Waals surface area contributed by atoms with Gasteiger partial charge in [-0.2, -0.15) is 0 Å². The van der Waals surface area contributed by atoms with E-state index >= 15 is 0 Å². The molecule has 0 aliphatic carbocycles. The van der Waals surface area contributed by atoms with Crippen LogP contribution in [0.5, 0.6) is 0 Å². The highest BCUT2D eigenvalue weighted by molar-refractivity contribution is 6.00. The molecule has 0 N–H and O–H groups in total. The van der Waals surface area contributed by atoms with Crippen LogP contribution in [0, 0.1) is 25.6 Å². The standard InChI is InChI=1S/C23H26FN3O2/c1-16-3-6-21(13-17(16)2)27-15-18(14-22(27)28)23(29)26-11-9-25(10-12-26)20-7-4-19(24)5-8-20/h3-8,13,18H,9-12,14-15H2,1-2H3. The Labute approximate surface area is 170 Å². The quantitative estimate of drug-likeness (QED) is 0.802. The van der Waals surface area contributed by atoms with E-state index in [1.165, 1.54) is 17.7 Å². The second-order valence-corrected chi connectivity index (χ2v) is 7.96. The van der Waals surface area contributed by atoms with Gasteiger partial charge in [0.25, 0.3) is 0 Å². The molecule has 0 saturated carbocycles. The van der Waals surface area contributed by atoms with Gasteiger partial charge >= 0.3 is 0 Å². The number of amides is 2. The lowest BCUT2D eigenvalue weighted by atomic mass is 10.1. The molecule has 0 spiro atoms. The third-order valence-electron chi connectivity index (χ3n) is 6.06. The van der Waals surface area contributed by atoms with Crippen molar-refractivity contribution in [3.05, 3.63) is 59.4 Å². The number of rotatable bonds is 3. The number of carbonyl (C=O) groups is 2. The molecule has 2 heterocycles. The number of benzene rings is 2. The molecule has 2 saturated heterocycles. The number of anilines is 2. The van der Waals surface area contributed by atoms with Crippen LogP contribution in [0.15, 0.2) is 42.5 Å². The molecule has 2 aliphatic heterocycles. The SMILES string of the molecule is Cc1ccc(N2CC(C(=O)N3CCN(c4ccc(F)cc4)CC3)CC2=O)cc1C. The van der Waals surface area contributed by atoms with Gasteiger partial charge in [-0.3, -0.25) is 9.59 Å². The molecule has 0 bridgehead atoms. The summed E-state index contributed by atoms with van der Waals surface area (Å²) < 4.78 is 13.1. The fourth-order valence-electron chi connectivity index (χ4n) is 4.11. The number of nitrogens with zero attached hydrogens (tertiary/aromatic N) is 3. The van der Waals surface area contributed by atoms with Gasteiger partial charge in [-0.25, -0.2) is 4.39 Å². The van der Waals surface area contributed by atoms with E-state index in [2.05, 4.69) is 4.90 Å². The molecule has 152 valence electrons. The predicted molar refractivity (Wildman–Crippen MR) is 112 cm³/mol. The maximum Gasteiger partial charge on any atom is 0.228 e. The molecule has 4 rings (SSSR count). The highest BCUT2D eigenvalue weighted by atomic mass is 19.1. The average molecular weight is 395 g/mol. The molecule has 5 nitrogen and oxygen atoms in total. The zero-order chi connectivity index (χ0) is 20.5. The van der Waals surface area contributed by atoms with Gasteiger partial charge in [0, 0.05) is 50.5 Å². The number of hydrogen-bond acceptors (Lipinski definition) is 3. The molecule has 2 aliphatic rings. The van der Waals surface area contributed by atoms with Gasteiger partial charge in [-0.05, 0) is 61.4 Å². The molecule has 0 aromatic heterocycles. The minimum Gasteiger partial charge on any atom is -0.368 e. The van der Waals surface area contributed by atoms with Gasteiger partial charge in [0.05, 0.1) is 5.92 Å². The molecule has 2 aromatic rings. The Hall–Kier alpha value is -2.89. The minimum absolute atomic E-state index is 0.0107. The number of aryl methyl sites for hydroxylation is 2. The smallest absolute Gasteiger partial charge is 0.228 e. The van der Waals surface area contributed by atoms with Crippen molar-refractivity contribution in [2.75, 3.05) is 42.5 Å². The summed E-state index contributed by atoms with van der Waals surface area (Å²) in [6, 6.07) is 12.4. The van der Waals surface area contributed by atoms with E-state index in [9.17, 15) is 14.0 Å². The molecule has 29 heavy (non-hydrogen) atoms. The Bertz CT molecular complexity index is 920.